The van der Waals surface area contributed by atoms with Crippen molar-refractivity contribution in [3.05, 3.63) is 84.7 Å². The molecule has 2 aromatic heterocycles. The number of pyridine rings is 2. The average Bonchev–Trinajstić information content (AvgIpc) is 2.69. The molecule has 0 aliphatic carbocycles. The predicted octanol–water partition coefficient (Wildman–Crippen LogP) is 4.77. The molecule has 0 unspecified atom stereocenters. The zero-order chi connectivity index (χ0) is 18.5. The molecule has 0 aliphatic heterocycles. The lowest BCUT2D eigenvalue weighted by Gasteiger charge is -2.13. The van der Waals surface area contributed by atoms with Crippen molar-refractivity contribution in [3.63, 3.8) is 0 Å². The Morgan fingerprint density at radius 1 is 0.593 bits per heavy atom. The molecule has 2 heteroatoms. The van der Waals surface area contributed by atoms with Crippen molar-refractivity contribution in [2.75, 3.05) is 0 Å². The molecule has 5 rings (SSSR count). The molecule has 0 saturated heterocycles. The van der Waals surface area contributed by atoms with Gasteiger partial charge in [-0.15, -0.1) is 0 Å². The predicted molar refractivity (Wildman–Crippen MR) is 111 cm³/mol. The number of rotatable bonds is 1. The van der Waals surface area contributed by atoms with Crippen LogP contribution in [0.2, 0.25) is 0 Å². The van der Waals surface area contributed by atoms with Crippen LogP contribution in [0.25, 0.3) is 43.7 Å². The highest BCUT2D eigenvalue weighted by Crippen LogP contribution is 2.37. The molecule has 0 N–H and O–H groups in total. The standard InChI is InChI=1S/C25H22N2/c1-17-18(23-12-6-7-15-26(23)2)13-14-21-19-9-4-5-10-20(19)22-11-8-16-27(3)25(22)24(17)21/h4-16H,1-3H3/q+2. The molecule has 0 radical (unpaired) electrons. The van der Waals surface area contributed by atoms with E-state index < -0.39 is 0 Å². The minimum Gasteiger partial charge on any atom is -0.201 e. The zero-order valence-corrected chi connectivity index (χ0v) is 15.9. The third kappa shape index (κ3) is 2.26. The van der Waals surface area contributed by atoms with Gasteiger partial charge in [0, 0.05) is 23.8 Å². The second-order valence-electron chi connectivity index (χ2n) is 7.28. The number of hydrogen-bond donors (Lipinski definition) is 0. The van der Waals surface area contributed by atoms with Gasteiger partial charge in [0.05, 0.1) is 10.8 Å². The highest BCUT2D eigenvalue weighted by atomic mass is 14.9. The van der Waals surface area contributed by atoms with E-state index in [1.165, 1.54) is 49.3 Å². The van der Waals surface area contributed by atoms with Crippen LogP contribution in [0.4, 0.5) is 0 Å². The van der Waals surface area contributed by atoms with E-state index in [9.17, 15) is 0 Å². The van der Waals surface area contributed by atoms with Crippen LogP contribution in [0, 0.1) is 6.92 Å². The Morgan fingerprint density at radius 2 is 1.26 bits per heavy atom. The van der Waals surface area contributed by atoms with E-state index in [4.69, 9.17) is 0 Å². The zero-order valence-electron chi connectivity index (χ0n) is 15.9. The molecule has 0 aliphatic rings. The Hall–Kier alpha value is -3.26. The van der Waals surface area contributed by atoms with Gasteiger partial charge >= 0.3 is 0 Å². The van der Waals surface area contributed by atoms with E-state index >= 15 is 0 Å². The fourth-order valence-electron chi connectivity index (χ4n) is 4.41. The summed E-state index contributed by atoms with van der Waals surface area (Å²) in [5, 5.41) is 6.60. The SMILES string of the molecule is Cc1c(-c2cccc[n+]2C)ccc2c3ccccc3c3ccc[n+](C)c3c12. The van der Waals surface area contributed by atoms with Crippen LogP contribution in [0.5, 0.6) is 0 Å². The summed E-state index contributed by atoms with van der Waals surface area (Å²) in [5.41, 5.74) is 5.14. The molecule has 130 valence electrons. The van der Waals surface area contributed by atoms with Crippen LogP contribution in [0.1, 0.15) is 5.56 Å². The fraction of sp³-hybridized carbons (Fsp3) is 0.120. The van der Waals surface area contributed by atoms with Crippen LogP contribution in [0.15, 0.2) is 79.1 Å². The highest BCUT2D eigenvalue weighted by Gasteiger charge is 2.20. The third-order valence-corrected chi connectivity index (χ3v) is 5.72. The van der Waals surface area contributed by atoms with Gasteiger partial charge in [-0.1, -0.05) is 30.3 Å². The van der Waals surface area contributed by atoms with Crippen molar-refractivity contribution in [2.45, 2.75) is 6.92 Å². The van der Waals surface area contributed by atoms with Crippen molar-refractivity contribution < 1.29 is 9.13 Å². The van der Waals surface area contributed by atoms with Crippen molar-refractivity contribution in [3.8, 4) is 11.3 Å². The molecule has 5 aromatic rings. The van der Waals surface area contributed by atoms with Crippen LogP contribution >= 0.6 is 0 Å². The second-order valence-corrected chi connectivity index (χ2v) is 7.28. The Kier molecular flexibility index (Phi) is 3.48. The Bertz CT molecular complexity index is 1350. The van der Waals surface area contributed by atoms with Gasteiger partial charge in [0.1, 0.15) is 14.1 Å². The van der Waals surface area contributed by atoms with Gasteiger partial charge in [0.25, 0.3) is 0 Å². The van der Waals surface area contributed by atoms with Gasteiger partial charge in [-0.2, -0.15) is 0 Å². The van der Waals surface area contributed by atoms with E-state index in [0.29, 0.717) is 0 Å². The van der Waals surface area contributed by atoms with Crippen LogP contribution in [-0.4, -0.2) is 0 Å². The number of hydrogen-bond acceptors (Lipinski definition) is 0. The first-order valence-electron chi connectivity index (χ1n) is 9.34. The molecule has 0 fully saturated rings. The smallest absolute Gasteiger partial charge is 0.201 e. The van der Waals surface area contributed by atoms with E-state index in [1.54, 1.807) is 0 Å². The molecule has 0 atom stereocenters. The maximum absolute atomic E-state index is 2.29. The van der Waals surface area contributed by atoms with E-state index in [2.05, 4.69) is 109 Å². The van der Waals surface area contributed by atoms with Gasteiger partial charge < -0.3 is 0 Å². The lowest BCUT2D eigenvalue weighted by Crippen LogP contribution is -2.30. The average molecular weight is 350 g/mol. The molecule has 2 heterocycles. The number of benzene rings is 3. The van der Waals surface area contributed by atoms with E-state index in [-0.39, 0.29) is 0 Å². The van der Waals surface area contributed by atoms with Gasteiger partial charge in [-0.05, 0) is 46.8 Å². The minimum atomic E-state index is 1.23. The van der Waals surface area contributed by atoms with Crippen LogP contribution < -0.4 is 9.13 Å². The van der Waals surface area contributed by atoms with Gasteiger partial charge in [0.15, 0.2) is 12.4 Å². The third-order valence-electron chi connectivity index (χ3n) is 5.72. The Balaban J connectivity index is 2.05. The first kappa shape index (κ1) is 16.0. The number of nitrogens with zero attached hydrogens (tertiary/aromatic N) is 2. The van der Waals surface area contributed by atoms with Gasteiger partial charge in [0.2, 0.25) is 11.2 Å². The summed E-state index contributed by atoms with van der Waals surface area (Å²) in [6, 6.07) is 24.1. The number of aryl methyl sites for hydroxylation is 3. The summed E-state index contributed by atoms with van der Waals surface area (Å²) in [5.74, 6) is 0. The topological polar surface area (TPSA) is 7.76 Å². The fourth-order valence-corrected chi connectivity index (χ4v) is 4.41. The molecule has 0 amide bonds. The lowest BCUT2D eigenvalue weighted by atomic mass is 9.91. The largest absolute Gasteiger partial charge is 0.221 e. The second kappa shape index (κ2) is 5.88. The van der Waals surface area contributed by atoms with Gasteiger partial charge in [-0.25, -0.2) is 9.13 Å². The Labute approximate surface area is 158 Å². The molecule has 0 saturated carbocycles. The van der Waals surface area contributed by atoms with Gasteiger partial charge in [-0.3, -0.25) is 0 Å². The molecule has 2 nitrogen and oxygen atoms in total. The normalized spacial score (nSPS) is 11.5. The lowest BCUT2D eigenvalue weighted by molar-refractivity contribution is -0.660. The summed E-state index contributed by atoms with van der Waals surface area (Å²) in [6.07, 6.45) is 4.25. The maximum Gasteiger partial charge on any atom is 0.221 e. The quantitative estimate of drug-likeness (QED) is 0.304. The maximum atomic E-state index is 2.29. The van der Waals surface area contributed by atoms with E-state index in [0.717, 1.165) is 0 Å². The van der Waals surface area contributed by atoms with Crippen LogP contribution in [-0.2, 0) is 14.1 Å². The van der Waals surface area contributed by atoms with E-state index in [1.807, 2.05) is 0 Å². The summed E-state index contributed by atoms with van der Waals surface area (Å²) in [6.45, 7) is 2.26. The highest BCUT2D eigenvalue weighted by molar-refractivity contribution is 6.24. The summed E-state index contributed by atoms with van der Waals surface area (Å²) in [7, 11) is 4.25. The summed E-state index contributed by atoms with van der Waals surface area (Å²) in [4.78, 5) is 0. The first-order valence-corrected chi connectivity index (χ1v) is 9.34. The van der Waals surface area contributed by atoms with Crippen molar-refractivity contribution >= 4 is 32.4 Å². The number of fused-ring (bicyclic) bond motifs is 6. The monoisotopic (exact) mass is 350 g/mol. The first-order chi connectivity index (χ1) is 13.2. The summed E-state index contributed by atoms with van der Waals surface area (Å²) >= 11 is 0. The summed E-state index contributed by atoms with van der Waals surface area (Å²) < 4.78 is 4.45. The Morgan fingerprint density at radius 3 is 2.04 bits per heavy atom. The minimum absolute atomic E-state index is 1.23. The molecule has 27 heavy (non-hydrogen) atoms. The molecule has 0 spiro atoms. The molecule has 0 bridgehead atoms. The van der Waals surface area contributed by atoms with Crippen molar-refractivity contribution in [2.24, 2.45) is 14.1 Å². The van der Waals surface area contributed by atoms with Crippen molar-refractivity contribution in [1.82, 2.24) is 0 Å². The number of aromatic nitrogens is 2. The van der Waals surface area contributed by atoms with Crippen molar-refractivity contribution in [1.29, 1.82) is 0 Å². The molecular formula is C25H22N2+2. The molecular weight excluding hydrogens is 328 g/mol. The van der Waals surface area contributed by atoms with Crippen LogP contribution in [0.3, 0.4) is 0 Å². The molecule has 3 aromatic carbocycles.